The van der Waals surface area contributed by atoms with Gasteiger partial charge in [0.1, 0.15) is 0 Å². The van der Waals surface area contributed by atoms with E-state index in [2.05, 4.69) is 40.7 Å². The smallest absolute Gasteiger partial charge is 0.0577 e. The Morgan fingerprint density at radius 3 is 2.54 bits per heavy atom. The van der Waals surface area contributed by atoms with Crippen LogP contribution in [0, 0.1) is 34.5 Å². The summed E-state index contributed by atoms with van der Waals surface area (Å²) in [6.45, 7) is 12.4. The van der Waals surface area contributed by atoms with Gasteiger partial charge in [0.25, 0.3) is 0 Å². The molecular formula is C27H44O. The van der Waals surface area contributed by atoms with Crippen molar-refractivity contribution in [3.05, 3.63) is 22.8 Å². The van der Waals surface area contributed by atoms with Crippen LogP contribution >= 0.6 is 0 Å². The summed E-state index contributed by atoms with van der Waals surface area (Å²) in [6.07, 6.45) is 16.5. The lowest BCUT2D eigenvalue weighted by Gasteiger charge is -2.53. The Hall–Kier alpha value is -0.560. The molecule has 4 aliphatic carbocycles. The fraction of sp³-hybridized carbons (Fsp3) is 0.852. The van der Waals surface area contributed by atoms with E-state index >= 15 is 0 Å². The fourth-order valence-electron chi connectivity index (χ4n) is 7.91. The van der Waals surface area contributed by atoms with E-state index in [9.17, 15) is 5.11 Å². The quantitative estimate of drug-likeness (QED) is 0.488. The van der Waals surface area contributed by atoms with Crippen LogP contribution in [0.4, 0.5) is 0 Å². The first-order valence-corrected chi connectivity index (χ1v) is 12.4. The predicted octanol–water partition coefficient (Wildman–Crippen LogP) is 7.45. The molecule has 0 aromatic heterocycles. The van der Waals surface area contributed by atoms with Gasteiger partial charge < -0.3 is 5.11 Å². The number of allylic oxidation sites excluding steroid dienone is 3. The van der Waals surface area contributed by atoms with E-state index in [4.69, 9.17) is 0 Å². The third kappa shape index (κ3) is 3.34. The van der Waals surface area contributed by atoms with Crippen LogP contribution in [-0.4, -0.2) is 11.2 Å². The maximum atomic E-state index is 10.2. The number of aliphatic hydroxyl groups is 1. The van der Waals surface area contributed by atoms with Crippen molar-refractivity contribution in [3.8, 4) is 0 Å². The number of hydrogen-bond acceptors (Lipinski definition) is 1. The van der Waals surface area contributed by atoms with Crippen LogP contribution < -0.4 is 0 Å². The molecule has 0 radical (unpaired) electrons. The van der Waals surface area contributed by atoms with E-state index in [1.807, 2.05) is 11.1 Å². The van der Waals surface area contributed by atoms with Gasteiger partial charge in [-0.25, -0.2) is 0 Å². The lowest BCUT2D eigenvalue weighted by Crippen LogP contribution is -2.43. The molecule has 4 rings (SSSR count). The summed E-state index contributed by atoms with van der Waals surface area (Å²) in [6, 6.07) is 0. The van der Waals surface area contributed by atoms with E-state index in [0.717, 1.165) is 36.5 Å². The van der Waals surface area contributed by atoms with Crippen molar-refractivity contribution in [1.82, 2.24) is 0 Å². The van der Waals surface area contributed by atoms with Gasteiger partial charge in [0.2, 0.25) is 0 Å². The van der Waals surface area contributed by atoms with Gasteiger partial charge in [-0.05, 0) is 85.9 Å². The highest BCUT2D eigenvalue weighted by atomic mass is 16.3. The second-order valence-corrected chi connectivity index (χ2v) is 11.7. The lowest BCUT2D eigenvalue weighted by molar-refractivity contribution is 0.0687. The van der Waals surface area contributed by atoms with Crippen LogP contribution in [0.2, 0.25) is 0 Å². The van der Waals surface area contributed by atoms with Gasteiger partial charge >= 0.3 is 0 Å². The molecule has 1 nitrogen and oxygen atoms in total. The van der Waals surface area contributed by atoms with Crippen LogP contribution in [0.5, 0.6) is 0 Å². The highest BCUT2D eigenvalue weighted by Gasteiger charge is 2.53. The normalized spacial score (nSPS) is 41.4. The molecule has 0 aliphatic heterocycles. The Balaban J connectivity index is 1.57. The molecule has 4 aliphatic rings. The van der Waals surface area contributed by atoms with Gasteiger partial charge in [0, 0.05) is 0 Å². The average Bonchev–Trinajstić information content (AvgIpc) is 2.99. The van der Waals surface area contributed by atoms with Gasteiger partial charge in [-0.3, -0.25) is 0 Å². The largest absolute Gasteiger partial charge is 0.393 e. The van der Waals surface area contributed by atoms with Crippen LogP contribution in [0.3, 0.4) is 0 Å². The standard InChI is InChI=1S/C27H44O/c1-18(2)7-6-8-19(3)23-11-12-24-22-10-9-20-17-21(28)13-15-26(20,4)25(22)14-16-27(23,24)5/h9,18-19,21,23,25,28H,6-8,10-17H2,1-5H3/t19?,21-,23+,25?,26-,27+/m0/s1. The fourth-order valence-corrected chi connectivity index (χ4v) is 7.91. The van der Waals surface area contributed by atoms with Crippen molar-refractivity contribution in [2.75, 3.05) is 0 Å². The molecule has 0 aromatic rings. The summed E-state index contributed by atoms with van der Waals surface area (Å²) in [4.78, 5) is 0. The molecule has 6 atom stereocenters. The Morgan fingerprint density at radius 1 is 1.04 bits per heavy atom. The number of rotatable bonds is 5. The molecular weight excluding hydrogens is 340 g/mol. The molecule has 158 valence electrons. The third-order valence-electron chi connectivity index (χ3n) is 9.63. The second-order valence-electron chi connectivity index (χ2n) is 11.7. The van der Waals surface area contributed by atoms with Crippen molar-refractivity contribution in [1.29, 1.82) is 0 Å². The van der Waals surface area contributed by atoms with E-state index in [-0.39, 0.29) is 6.10 Å². The maximum absolute atomic E-state index is 10.2. The Labute approximate surface area is 174 Å². The number of fused-ring (bicyclic) bond motifs is 4. The minimum absolute atomic E-state index is 0.0927. The molecule has 0 spiro atoms. The molecule has 2 saturated carbocycles. The minimum atomic E-state index is -0.0927. The zero-order chi connectivity index (χ0) is 20.1. The highest BCUT2D eigenvalue weighted by molar-refractivity contribution is 5.40. The summed E-state index contributed by atoms with van der Waals surface area (Å²) >= 11 is 0. The van der Waals surface area contributed by atoms with Crippen LogP contribution in [-0.2, 0) is 0 Å². The molecule has 2 unspecified atom stereocenters. The second kappa shape index (κ2) is 7.60. The van der Waals surface area contributed by atoms with Crippen LogP contribution in [0.1, 0.15) is 105 Å². The zero-order valence-electron chi connectivity index (χ0n) is 19.2. The van der Waals surface area contributed by atoms with Crippen molar-refractivity contribution >= 4 is 0 Å². The van der Waals surface area contributed by atoms with E-state index in [1.54, 1.807) is 5.57 Å². The zero-order valence-corrected chi connectivity index (χ0v) is 19.2. The lowest BCUT2D eigenvalue weighted by atomic mass is 9.52. The van der Waals surface area contributed by atoms with Crippen molar-refractivity contribution in [2.45, 2.75) is 111 Å². The Morgan fingerprint density at radius 2 is 1.79 bits per heavy atom. The predicted molar refractivity (Wildman–Crippen MR) is 119 cm³/mol. The molecule has 1 N–H and O–H groups in total. The number of hydrogen-bond donors (Lipinski definition) is 1. The number of aliphatic hydroxyl groups excluding tert-OH is 1. The SMILES string of the molecule is CC(C)CCCC(C)[C@H]1CCC2=C3CC=C4C[C@@H](O)CC[C@]4(C)C3CC[C@@]21C. The maximum Gasteiger partial charge on any atom is 0.0577 e. The van der Waals surface area contributed by atoms with Gasteiger partial charge in [0.15, 0.2) is 0 Å². The molecule has 28 heavy (non-hydrogen) atoms. The van der Waals surface area contributed by atoms with Crippen LogP contribution in [0.15, 0.2) is 22.8 Å². The summed E-state index contributed by atoms with van der Waals surface area (Å²) < 4.78 is 0. The first-order chi connectivity index (χ1) is 13.3. The van der Waals surface area contributed by atoms with Crippen molar-refractivity contribution in [3.63, 3.8) is 0 Å². The molecule has 2 fully saturated rings. The molecule has 0 aromatic carbocycles. The van der Waals surface area contributed by atoms with Crippen molar-refractivity contribution in [2.24, 2.45) is 34.5 Å². The molecule has 0 amide bonds. The summed E-state index contributed by atoms with van der Waals surface area (Å²) in [5, 5.41) is 10.2. The van der Waals surface area contributed by atoms with Crippen molar-refractivity contribution < 1.29 is 5.11 Å². The molecule has 0 saturated heterocycles. The first-order valence-electron chi connectivity index (χ1n) is 12.4. The summed E-state index contributed by atoms with van der Waals surface area (Å²) in [7, 11) is 0. The summed E-state index contributed by atoms with van der Waals surface area (Å²) in [5.41, 5.74) is 6.11. The third-order valence-corrected chi connectivity index (χ3v) is 9.63. The molecule has 0 heterocycles. The average molecular weight is 385 g/mol. The highest BCUT2D eigenvalue weighted by Crippen LogP contribution is 2.64. The topological polar surface area (TPSA) is 20.2 Å². The van der Waals surface area contributed by atoms with Crippen LogP contribution in [0.25, 0.3) is 0 Å². The first kappa shape index (κ1) is 20.7. The van der Waals surface area contributed by atoms with Gasteiger partial charge in [-0.2, -0.15) is 0 Å². The summed E-state index contributed by atoms with van der Waals surface area (Å²) in [5.74, 6) is 3.37. The Kier molecular flexibility index (Phi) is 5.62. The van der Waals surface area contributed by atoms with E-state index < -0.39 is 0 Å². The molecule has 0 bridgehead atoms. The molecule has 1 heteroatoms. The monoisotopic (exact) mass is 384 g/mol. The van der Waals surface area contributed by atoms with E-state index in [1.165, 1.54) is 57.8 Å². The van der Waals surface area contributed by atoms with E-state index in [0.29, 0.717) is 10.8 Å². The van der Waals surface area contributed by atoms with Gasteiger partial charge in [-0.15, -0.1) is 0 Å². The minimum Gasteiger partial charge on any atom is -0.393 e. The van der Waals surface area contributed by atoms with Gasteiger partial charge in [0.05, 0.1) is 6.10 Å². The Bertz CT molecular complexity index is 655. The van der Waals surface area contributed by atoms with Gasteiger partial charge in [-0.1, -0.05) is 76.7 Å².